The lowest BCUT2D eigenvalue weighted by atomic mass is 10.1. The molecule has 2 aliphatic rings. The van der Waals surface area contributed by atoms with Crippen molar-refractivity contribution in [1.29, 1.82) is 0 Å². The van der Waals surface area contributed by atoms with Crippen LogP contribution in [-0.2, 0) is 0 Å². The molecule has 1 saturated heterocycles. The van der Waals surface area contributed by atoms with Gasteiger partial charge in [-0.25, -0.2) is 0 Å². The van der Waals surface area contributed by atoms with E-state index in [-0.39, 0.29) is 0 Å². The minimum Gasteiger partial charge on any atom is -0.341 e. The molecule has 6 heteroatoms. The molecule has 104 valence electrons. The Morgan fingerprint density at radius 1 is 1.26 bits per heavy atom. The van der Waals surface area contributed by atoms with Gasteiger partial charge in [0.15, 0.2) is 5.16 Å². The van der Waals surface area contributed by atoms with Crippen molar-refractivity contribution < 1.29 is 0 Å². The van der Waals surface area contributed by atoms with E-state index < -0.39 is 0 Å². The number of piperidine rings is 1. The molecule has 0 N–H and O–H groups in total. The molecular formula is C13H19BrN4S. The van der Waals surface area contributed by atoms with Crippen LogP contribution in [0.15, 0.2) is 16.2 Å². The molecule has 1 aromatic rings. The number of halogens is 1. The first-order valence-corrected chi connectivity index (χ1v) is 8.69. The molecule has 0 spiro atoms. The zero-order chi connectivity index (χ0) is 13.2. The van der Waals surface area contributed by atoms with Crippen molar-refractivity contribution in [3.8, 4) is 0 Å². The van der Waals surface area contributed by atoms with Crippen molar-refractivity contribution in [2.24, 2.45) is 0 Å². The summed E-state index contributed by atoms with van der Waals surface area (Å²) in [5.74, 6) is 1.94. The molecule has 0 radical (unpaired) electrons. The Hall–Kier alpha value is -0.490. The number of thioether (sulfide) groups is 1. The minimum absolute atomic E-state index is 0.623. The standard InChI is InChI=1S/C13H19BrN4S/c1-10(14)9-19-13-16-15-12(18(13)11-5-6-11)17-7-3-2-4-8-17/h11H,1-9H2. The molecule has 0 bridgehead atoms. The van der Waals surface area contributed by atoms with Gasteiger partial charge in [-0.05, 0) is 36.6 Å². The number of nitrogens with zero attached hydrogens (tertiary/aromatic N) is 4. The molecule has 3 rings (SSSR count). The van der Waals surface area contributed by atoms with Crippen LogP contribution in [0.1, 0.15) is 38.1 Å². The van der Waals surface area contributed by atoms with Gasteiger partial charge in [0, 0.05) is 24.9 Å². The average Bonchev–Trinajstić information content (AvgIpc) is 3.17. The summed E-state index contributed by atoms with van der Waals surface area (Å²) in [4.78, 5) is 2.40. The minimum atomic E-state index is 0.623. The maximum Gasteiger partial charge on any atom is 0.228 e. The van der Waals surface area contributed by atoms with Crippen molar-refractivity contribution in [3.05, 3.63) is 11.1 Å². The number of anilines is 1. The number of hydrogen-bond donors (Lipinski definition) is 0. The summed E-state index contributed by atoms with van der Waals surface area (Å²) >= 11 is 5.13. The highest BCUT2D eigenvalue weighted by molar-refractivity contribution is 9.11. The lowest BCUT2D eigenvalue weighted by Crippen LogP contribution is -2.31. The fourth-order valence-corrected chi connectivity index (χ4v) is 3.57. The zero-order valence-corrected chi connectivity index (χ0v) is 13.4. The smallest absolute Gasteiger partial charge is 0.228 e. The summed E-state index contributed by atoms with van der Waals surface area (Å²) in [5.41, 5.74) is 0. The van der Waals surface area contributed by atoms with E-state index >= 15 is 0 Å². The van der Waals surface area contributed by atoms with Gasteiger partial charge in [0.05, 0.1) is 0 Å². The predicted octanol–water partition coefficient (Wildman–Crippen LogP) is 3.60. The fourth-order valence-electron chi connectivity index (χ4n) is 2.47. The summed E-state index contributed by atoms with van der Waals surface area (Å²) in [6.45, 7) is 6.14. The second kappa shape index (κ2) is 5.87. The van der Waals surface area contributed by atoms with Crippen molar-refractivity contribution in [2.75, 3.05) is 23.7 Å². The highest BCUT2D eigenvalue weighted by atomic mass is 79.9. The van der Waals surface area contributed by atoms with Crippen LogP contribution in [0.4, 0.5) is 5.95 Å². The van der Waals surface area contributed by atoms with Crippen LogP contribution in [0.5, 0.6) is 0 Å². The first kappa shape index (κ1) is 13.5. The largest absolute Gasteiger partial charge is 0.341 e. The van der Waals surface area contributed by atoms with Gasteiger partial charge in [0.25, 0.3) is 0 Å². The number of aromatic nitrogens is 3. The summed E-state index contributed by atoms with van der Waals surface area (Å²) < 4.78 is 3.36. The van der Waals surface area contributed by atoms with Crippen LogP contribution < -0.4 is 4.90 Å². The second-order valence-electron chi connectivity index (χ2n) is 5.24. The van der Waals surface area contributed by atoms with Gasteiger partial charge in [0.1, 0.15) is 0 Å². The molecule has 19 heavy (non-hydrogen) atoms. The normalized spacial score (nSPS) is 19.7. The number of rotatable bonds is 5. The lowest BCUT2D eigenvalue weighted by molar-refractivity contribution is 0.548. The molecule has 0 unspecified atom stereocenters. The third-order valence-electron chi connectivity index (χ3n) is 3.56. The monoisotopic (exact) mass is 342 g/mol. The van der Waals surface area contributed by atoms with Gasteiger partial charge in [-0.3, -0.25) is 4.57 Å². The molecule has 0 aromatic carbocycles. The molecule has 2 heterocycles. The maximum atomic E-state index is 4.45. The zero-order valence-electron chi connectivity index (χ0n) is 11.0. The second-order valence-corrected chi connectivity index (χ2v) is 7.30. The molecule has 2 fully saturated rings. The van der Waals surface area contributed by atoms with E-state index in [1.165, 1.54) is 32.1 Å². The van der Waals surface area contributed by atoms with Gasteiger partial charge in [0.2, 0.25) is 5.95 Å². The van der Waals surface area contributed by atoms with Crippen LogP contribution in [0.2, 0.25) is 0 Å². The molecule has 0 amide bonds. The first-order valence-electron chi connectivity index (χ1n) is 6.91. The Balaban J connectivity index is 1.81. The van der Waals surface area contributed by atoms with Crippen LogP contribution >= 0.6 is 27.7 Å². The van der Waals surface area contributed by atoms with Gasteiger partial charge >= 0.3 is 0 Å². The molecule has 1 aliphatic carbocycles. The van der Waals surface area contributed by atoms with Gasteiger partial charge < -0.3 is 4.90 Å². The van der Waals surface area contributed by atoms with Gasteiger partial charge in [-0.15, -0.1) is 10.2 Å². The molecule has 0 atom stereocenters. The van der Waals surface area contributed by atoms with E-state index in [9.17, 15) is 0 Å². The highest BCUT2D eigenvalue weighted by Gasteiger charge is 2.31. The summed E-state index contributed by atoms with van der Waals surface area (Å²) in [7, 11) is 0. The third-order valence-corrected chi connectivity index (χ3v) is 5.24. The molecular weight excluding hydrogens is 324 g/mol. The Kier molecular flexibility index (Phi) is 4.17. The lowest BCUT2D eigenvalue weighted by Gasteiger charge is -2.27. The predicted molar refractivity (Wildman–Crippen MR) is 83.1 cm³/mol. The Morgan fingerprint density at radius 3 is 2.63 bits per heavy atom. The van der Waals surface area contributed by atoms with Crippen molar-refractivity contribution in [1.82, 2.24) is 14.8 Å². The fraction of sp³-hybridized carbons (Fsp3) is 0.692. The molecule has 1 aliphatic heterocycles. The first-order chi connectivity index (χ1) is 9.25. The van der Waals surface area contributed by atoms with Crippen LogP contribution in [0.3, 0.4) is 0 Å². The van der Waals surface area contributed by atoms with Crippen LogP contribution in [0.25, 0.3) is 0 Å². The topological polar surface area (TPSA) is 34.0 Å². The molecule has 4 nitrogen and oxygen atoms in total. The highest BCUT2D eigenvalue weighted by Crippen LogP contribution is 2.41. The average molecular weight is 343 g/mol. The Bertz CT molecular complexity index is 463. The quantitative estimate of drug-likeness (QED) is 0.765. The Morgan fingerprint density at radius 2 is 2.00 bits per heavy atom. The maximum absolute atomic E-state index is 4.45. The Labute approximate surface area is 126 Å². The SMILES string of the molecule is C=C(Br)CSc1nnc(N2CCCCC2)n1C1CC1. The van der Waals surface area contributed by atoms with E-state index in [1.54, 1.807) is 11.8 Å². The van der Waals surface area contributed by atoms with Crippen LogP contribution in [-0.4, -0.2) is 33.6 Å². The van der Waals surface area contributed by atoms with Crippen molar-refractivity contribution >= 4 is 33.6 Å². The summed E-state index contributed by atoms with van der Waals surface area (Å²) in [6, 6.07) is 0.623. The molecule has 1 saturated carbocycles. The van der Waals surface area contributed by atoms with Gasteiger partial charge in [-0.1, -0.05) is 34.3 Å². The van der Waals surface area contributed by atoms with E-state index in [2.05, 4.69) is 42.2 Å². The van der Waals surface area contributed by atoms with Crippen molar-refractivity contribution in [2.45, 2.75) is 43.3 Å². The van der Waals surface area contributed by atoms with E-state index in [1.807, 2.05) is 0 Å². The summed E-state index contributed by atoms with van der Waals surface area (Å²) in [6.07, 6.45) is 6.43. The van der Waals surface area contributed by atoms with E-state index in [0.717, 1.165) is 34.4 Å². The van der Waals surface area contributed by atoms with E-state index in [4.69, 9.17) is 0 Å². The van der Waals surface area contributed by atoms with E-state index in [0.29, 0.717) is 6.04 Å². The number of hydrogen-bond acceptors (Lipinski definition) is 4. The van der Waals surface area contributed by atoms with Gasteiger partial charge in [-0.2, -0.15) is 0 Å². The molecule has 1 aromatic heterocycles. The third kappa shape index (κ3) is 3.16. The van der Waals surface area contributed by atoms with Crippen molar-refractivity contribution in [3.63, 3.8) is 0 Å². The summed E-state index contributed by atoms with van der Waals surface area (Å²) in [5, 5.41) is 9.89. The van der Waals surface area contributed by atoms with Crippen LogP contribution in [0, 0.1) is 0 Å².